The molecule has 2 rings (SSSR count). The molecule has 1 radical (unpaired) electrons. The van der Waals surface area contributed by atoms with Gasteiger partial charge in [0.2, 0.25) is 5.91 Å². The van der Waals surface area contributed by atoms with Crippen molar-refractivity contribution < 1.29 is 27.5 Å². The van der Waals surface area contributed by atoms with Crippen molar-refractivity contribution in [3.05, 3.63) is 59.5 Å². The highest BCUT2D eigenvalue weighted by atomic mass is 35.5. The molecule has 7 nitrogen and oxygen atoms in total. The lowest BCUT2D eigenvalue weighted by molar-refractivity contribution is -0.142. The molecular formula is C15H11ClF3N4O3. The van der Waals surface area contributed by atoms with E-state index in [-0.39, 0.29) is 0 Å². The Hall–Kier alpha value is -2.88. The van der Waals surface area contributed by atoms with E-state index in [0.717, 1.165) is 6.42 Å². The molecule has 11 heteroatoms. The van der Waals surface area contributed by atoms with Crippen LogP contribution in [0.1, 0.15) is 16.1 Å². The van der Waals surface area contributed by atoms with Crippen molar-refractivity contribution in [3.8, 4) is 0 Å². The summed E-state index contributed by atoms with van der Waals surface area (Å²) in [5, 5.41) is 2.95. The van der Waals surface area contributed by atoms with Gasteiger partial charge in [-0.25, -0.2) is 14.8 Å². The Morgan fingerprint density at radius 1 is 1.35 bits per heavy atom. The van der Waals surface area contributed by atoms with Crippen LogP contribution in [-0.2, 0) is 15.7 Å². The Labute approximate surface area is 150 Å². The van der Waals surface area contributed by atoms with Crippen molar-refractivity contribution in [2.24, 2.45) is 5.73 Å². The van der Waals surface area contributed by atoms with Crippen LogP contribution in [0.3, 0.4) is 0 Å². The average molecular weight is 388 g/mol. The Kier molecular flexibility index (Phi) is 5.98. The first kappa shape index (κ1) is 19.4. The van der Waals surface area contributed by atoms with Gasteiger partial charge < -0.3 is 15.8 Å². The predicted octanol–water partition coefficient (Wildman–Crippen LogP) is 2.43. The summed E-state index contributed by atoms with van der Waals surface area (Å²) in [5.41, 5.74) is 3.01. The number of carbonyl (C=O) groups excluding carboxylic acids is 2. The Morgan fingerprint density at radius 3 is 2.69 bits per heavy atom. The molecule has 0 bridgehead atoms. The number of rotatable bonds is 6. The van der Waals surface area contributed by atoms with Gasteiger partial charge in [-0.05, 0) is 18.2 Å². The summed E-state index contributed by atoms with van der Waals surface area (Å²) < 4.78 is 43.7. The molecule has 137 valence electrons. The number of halogens is 4. The number of nitrogens with zero attached hydrogens (tertiary/aromatic N) is 2. The van der Waals surface area contributed by atoms with Crippen LogP contribution < -0.4 is 11.1 Å². The highest BCUT2D eigenvalue weighted by Gasteiger charge is 2.38. The third-order valence-corrected chi connectivity index (χ3v) is 3.12. The molecule has 1 aromatic heterocycles. The van der Waals surface area contributed by atoms with E-state index in [4.69, 9.17) is 22.1 Å². The van der Waals surface area contributed by atoms with E-state index in [1.165, 1.54) is 12.1 Å². The minimum Gasteiger partial charge on any atom is -0.437 e. The maximum absolute atomic E-state index is 12.9. The zero-order valence-electron chi connectivity index (χ0n) is 12.8. The van der Waals surface area contributed by atoms with Crippen molar-refractivity contribution in [3.63, 3.8) is 0 Å². The lowest BCUT2D eigenvalue weighted by atomic mass is 10.2. The van der Waals surface area contributed by atoms with Gasteiger partial charge in [-0.2, -0.15) is 13.2 Å². The molecule has 0 spiro atoms. The smallest absolute Gasteiger partial charge is 0.434 e. The first-order chi connectivity index (χ1) is 12.2. The van der Waals surface area contributed by atoms with E-state index < -0.39 is 35.5 Å². The van der Waals surface area contributed by atoms with Gasteiger partial charge in [0.15, 0.2) is 11.9 Å². The van der Waals surface area contributed by atoms with Crippen LogP contribution in [0.2, 0.25) is 5.02 Å². The van der Waals surface area contributed by atoms with E-state index in [1.54, 1.807) is 12.1 Å². The van der Waals surface area contributed by atoms with Crippen molar-refractivity contribution in [2.45, 2.75) is 12.4 Å². The number of nitrogens with two attached hydrogens (primary N) is 1. The van der Waals surface area contributed by atoms with Gasteiger partial charge in [0.05, 0.1) is 0 Å². The number of primary amides is 1. The number of benzene rings is 1. The van der Waals surface area contributed by atoms with E-state index in [0.29, 0.717) is 23.2 Å². The largest absolute Gasteiger partial charge is 0.437 e. The molecule has 1 aromatic carbocycles. The number of alkyl halides is 3. The second-order valence-electron chi connectivity index (χ2n) is 4.83. The average Bonchev–Trinajstić information content (AvgIpc) is 2.53. The molecule has 1 unspecified atom stereocenters. The molecule has 0 aliphatic heterocycles. The van der Waals surface area contributed by atoms with Crippen molar-refractivity contribution in [2.75, 3.05) is 5.32 Å². The van der Waals surface area contributed by atoms with Crippen LogP contribution in [0.4, 0.5) is 18.9 Å². The molecule has 2 aromatic rings. The third kappa shape index (κ3) is 5.31. The van der Waals surface area contributed by atoms with Crippen LogP contribution in [0.5, 0.6) is 0 Å². The number of nitrogens with one attached hydrogen (secondary N) is 1. The Bertz CT molecular complexity index is 817. The molecule has 26 heavy (non-hydrogen) atoms. The summed E-state index contributed by atoms with van der Waals surface area (Å²) in [6, 6.07) is 6.13. The van der Waals surface area contributed by atoms with E-state index in [1.807, 2.05) is 0 Å². The van der Waals surface area contributed by atoms with Crippen molar-refractivity contribution >= 4 is 29.2 Å². The second kappa shape index (κ2) is 8.00. The molecule has 1 atom stereocenters. The number of hydrogen-bond donors (Lipinski definition) is 2. The molecule has 1 amide bonds. The summed E-state index contributed by atoms with van der Waals surface area (Å²) in [5.74, 6) is -2.35. The number of amides is 1. The molecule has 0 aliphatic carbocycles. The number of ether oxygens (including phenoxy) is 1. The van der Waals surface area contributed by atoms with Gasteiger partial charge in [-0.1, -0.05) is 17.7 Å². The van der Waals surface area contributed by atoms with Crippen molar-refractivity contribution in [1.29, 1.82) is 0 Å². The van der Waals surface area contributed by atoms with E-state index in [2.05, 4.69) is 15.3 Å². The van der Waals surface area contributed by atoms with Crippen LogP contribution in [0, 0.1) is 6.42 Å². The molecule has 0 saturated heterocycles. The monoisotopic (exact) mass is 387 g/mol. The fraction of sp³-hybridized carbons (Fsp3) is 0.133. The number of hydrogen-bond acceptors (Lipinski definition) is 6. The van der Waals surface area contributed by atoms with E-state index >= 15 is 0 Å². The normalized spacial score (nSPS) is 12.3. The molecule has 0 saturated carbocycles. The maximum atomic E-state index is 12.9. The second-order valence-corrected chi connectivity index (χ2v) is 5.27. The fourth-order valence-corrected chi connectivity index (χ4v) is 2.07. The van der Waals surface area contributed by atoms with Crippen molar-refractivity contribution in [1.82, 2.24) is 9.97 Å². The summed E-state index contributed by atoms with van der Waals surface area (Å²) in [6.07, 6.45) is -4.24. The van der Waals surface area contributed by atoms with Gasteiger partial charge in [-0.15, -0.1) is 0 Å². The highest BCUT2D eigenvalue weighted by molar-refractivity contribution is 6.30. The fourth-order valence-electron chi connectivity index (χ4n) is 1.88. The molecule has 1 heterocycles. The molecular weight excluding hydrogens is 377 g/mol. The molecule has 3 N–H and O–H groups in total. The van der Waals surface area contributed by atoms with Crippen LogP contribution >= 0.6 is 11.6 Å². The Morgan fingerprint density at radius 2 is 2.08 bits per heavy atom. The highest BCUT2D eigenvalue weighted by Crippen LogP contribution is 2.30. The minimum absolute atomic E-state index is 0.341. The van der Waals surface area contributed by atoms with Crippen LogP contribution in [0.15, 0.2) is 36.8 Å². The van der Waals surface area contributed by atoms with Gasteiger partial charge in [-0.3, -0.25) is 4.79 Å². The lowest BCUT2D eigenvalue weighted by Gasteiger charge is -2.19. The minimum atomic E-state index is -4.89. The van der Waals surface area contributed by atoms with Crippen LogP contribution in [0.25, 0.3) is 0 Å². The van der Waals surface area contributed by atoms with Gasteiger partial charge in [0, 0.05) is 16.9 Å². The third-order valence-electron chi connectivity index (χ3n) is 2.88. The van der Waals surface area contributed by atoms with Gasteiger partial charge >= 0.3 is 12.1 Å². The standard InChI is InChI=1S/C15H11ClF3N4O3/c16-8-2-1-3-9(4-8)23-12(5-11(20)24)26-14(25)10-6-21-7-22-13(10)15(17,18)19/h1-7,12,23H,(H2,20,24). The summed E-state index contributed by atoms with van der Waals surface area (Å²) in [7, 11) is 0. The van der Waals surface area contributed by atoms with Crippen LogP contribution in [-0.4, -0.2) is 28.1 Å². The first-order valence-corrected chi connectivity index (χ1v) is 7.29. The summed E-state index contributed by atoms with van der Waals surface area (Å²) in [6.45, 7) is 0. The zero-order valence-corrected chi connectivity index (χ0v) is 13.6. The SMILES string of the molecule is NC(=O)[CH]C(Nc1cccc(Cl)c1)OC(=O)c1cncnc1C(F)(F)F. The number of carbonyl (C=O) groups is 2. The topological polar surface area (TPSA) is 107 Å². The lowest BCUT2D eigenvalue weighted by Crippen LogP contribution is -2.33. The first-order valence-electron chi connectivity index (χ1n) is 6.91. The Balaban J connectivity index is 2.23. The summed E-state index contributed by atoms with van der Waals surface area (Å²) in [4.78, 5) is 29.7. The van der Waals surface area contributed by atoms with E-state index in [9.17, 15) is 22.8 Å². The zero-order chi connectivity index (χ0) is 19.3. The predicted molar refractivity (Wildman–Crippen MR) is 84.8 cm³/mol. The molecule has 0 aliphatic rings. The van der Waals surface area contributed by atoms with Gasteiger partial charge in [0.25, 0.3) is 0 Å². The molecule has 0 fully saturated rings. The summed E-state index contributed by atoms with van der Waals surface area (Å²) >= 11 is 5.82. The number of esters is 1. The quantitative estimate of drug-likeness (QED) is 0.582. The number of aromatic nitrogens is 2. The number of anilines is 1. The maximum Gasteiger partial charge on any atom is 0.434 e. The van der Waals surface area contributed by atoms with Gasteiger partial charge in [0.1, 0.15) is 18.3 Å².